The van der Waals surface area contributed by atoms with Gasteiger partial charge < -0.3 is 10.6 Å². The zero-order chi connectivity index (χ0) is 12.0. The van der Waals surface area contributed by atoms with E-state index in [0.717, 1.165) is 18.8 Å². The molecule has 1 aromatic carbocycles. The van der Waals surface area contributed by atoms with Crippen LogP contribution in [0.3, 0.4) is 0 Å². The van der Waals surface area contributed by atoms with E-state index in [1.165, 1.54) is 12.1 Å². The Kier molecular flexibility index (Phi) is 4.72. The maximum absolute atomic E-state index is 10.4. The Hall–Kier alpha value is -1.62. The summed E-state index contributed by atoms with van der Waals surface area (Å²) in [4.78, 5) is 10.0. The van der Waals surface area contributed by atoms with E-state index in [4.69, 9.17) is 0 Å². The van der Waals surface area contributed by atoms with E-state index in [0.29, 0.717) is 6.04 Å². The molecule has 0 aliphatic carbocycles. The van der Waals surface area contributed by atoms with Crippen LogP contribution in [0.2, 0.25) is 0 Å². The summed E-state index contributed by atoms with van der Waals surface area (Å²) in [6.07, 6.45) is 0. The van der Waals surface area contributed by atoms with Gasteiger partial charge in [-0.15, -0.1) is 0 Å². The molecule has 0 aliphatic heterocycles. The zero-order valence-electron chi connectivity index (χ0n) is 9.56. The third-order valence-electron chi connectivity index (χ3n) is 2.08. The van der Waals surface area contributed by atoms with Gasteiger partial charge in [0, 0.05) is 37.0 Å². The van der Waals surface area contributed by atoms with Gasteiger partial charge in [-0.3, -0.25) is 10.1 Å². The predicted molar refractivity (Wildman–Crippen MR) is 64.7 cm³/mol. The highest BCUT2D eigenvalue weighted by Crippen LogP contribution is 2.14. The second-order valence-corrected chi connectivity index (χ2v) is 3.84. The summed E-state index contributed by atoms with van der Waals surface area (Å²) in [6, 6.07) is 6.90. The number of anilines is 1. The fourth-order valence-electron chi connectivity index (χ4n) is 1.27. The van der Waals surface area contributed by atoms with Gasteiger partial charge >= 0.3 is 0 Å². The van der Waals surface area contributed by atoms with Crippen LogP contribution in [0.5, 0.6) is 0 Å². The Balaban J connectivity index is 2.35. The standard InChI is InChI=1S/C11H17N3O2/c1-9(2)12-7-8-13-10-3-5-11(6-4-10)14(15)16/h3-6,9,12-13H,7-8H2,1-2H3. The number of benzene rings is 1. The second-order valence-electron chi connectivity index (χ2n) is 3.84. The lowest BCUT2D eigenvalue weighted by Gasteiger charge is -2.09. The molecule has 0 unspecified atom stereocenters. The minimum absolute atomic E-state index is 0.117. The summed E-state index contributed by atoms with van der Waals surface area (Å²) in [5.74, 6) is 0. The van der Waals surface area contributed by atoms with Gasteiger partial charge in [0.15, 0.2) is 0 Å². The Morgan fingerprint density at radius 2 is 1.88 bits per heavy atom. The number of hydrogen-bond acceptors (Lipinski definition) is 4. The van der Waals surface area contributed by atoms with E-state index < -0.39 is 4.92 Å². The number of nitro benzene ring substituents is 1. The van der Waals surface area contributed by atoms with Crippen molar-refractivity contribution in [2.75, 3.05) is 18.4 Å². The smallest absolute Gasteiger partial charge is 0.269 e. The Morgan fingerprint density at radius 1 is 1.25 bits per heavy atom. The highest BCUT2D eigenvalue weighted by molar-refractivity contribution is 5.48. The van der Waals surface area contributed by atoms with Crippen molar-refractivity contribution < 1.29 is 4.92 Å². The molecule has 0 spiro atoms. The van der Waals surface area contributed by atoms with Crippen LogP contribution in [0, 0.1) is 10.1 Å². The van der Waals surface area contributed by atoms with Crippen LogP contribution in [0.15, 0.2) is 24.3 Å². The third-order valence-corrected chi connectivity index (χ3v) is 2.08. The molecule has 2 N–H and O–H groups in total. The van der Waals surface area contributed by atoms with Gasteiger partial charge in [-0.05, 0) is 12.1 Å². The number of non-ortho nitro benzene ring substituents is 1. The van der Waals surface area contributed by atoms with Crippen molar-refractivity contribution in [2.45, 2.75) is 19.9 Å². The molecule has 5 nitrogen and oxygen atoms in total. The van der Waals surface area contributed by atoms with Gasteiger partial charge in [0.1, 0.15) is 0 Å². The van der Waals surface area contributed by atoms with Crippen LogP contribution in [-0.4, -0.2) is 24.1 Å². The molecule has 0 aliphatic rings. The molecule has 16 heavy (non-hydrogen) atoms. The average molecular weight is 223 g/mol. The van der Waals surface area contributed by atoms with Crippen LogP contribution in [0.4, 0.5) is 11.4 Å². The Bertz CT molecular complexity index is 336. The van der Waals surface area contributed by atoms with Crippen LogP contribution >= 0.6 is 0 Å². The third kappa shape index (κ3) is 4.27. The van der Waals surface area contributed by atoms with Crippen LogP contribution < -0.4 is 10.6 Å². The van der Waals surface area contributed by atoms with Gasteiger partial charge in [0.25, 0.3) is 5.69 Å². The first-order chi connectivity index (χ1) is 7.59. The normalized spacial score (nSPS) is 10.4. The number of nitrogens with zero attached hydrogens (tertiary/aromatic N) is 1. The number of nitro groups is 1. The maximum Gasteiger partial charge on any atom is 0.269 e. The van der Waals surface area contributed by atoms with Gasteiger partial charge in [-0.2, -0.15) is 0 Å². The molecule has 0 fully saturated rings. The fourth-order valence-corrected chi connectivity index (χ4v) is 1.27. The first-order valence-electron chi connectivity index (χ1n) is 5.31. The monoisotopic (exact) mass is 223 g/mol. The topological polar surface area (TPSA) is 67.2 Å². The molecule has 0 atom stereocenters. The number of hydrogen-bond donors (Lipinski definition) is 2. The van der Waals surface area contributed by atoms with Crippen molar-refractivity contribution in [3.8, 4) is 0 Å². The summed E-state index contributed by atoms with van der Waals surface area (Å²) in [6.45, 7) is 5.85. The molecule has 5 heteroatoms. The molecular formula is C11H17N3O2. The van der Waals surface area contributed by atoms with Crippen molar-refractivity contribution in [1.29, 1.82) is 0 Å². The van der Waals surface area contributed by atoms with Crippen LogP contribution in [0.25, 0.3) is 0 Å². The molecule has 88 valence electrons. The first-order valence-corrected chi connectivity index (χ1v) is 5.31. The van der Waals surface area contributed by atoms with Crippen LogP contribution in [-0.2, 0) is 0 Å². The summed E-state index contributed by atoms with van der Waals surface area (Å²) < 4.78 is 0. The van der Waals surface area contributed by atoms with E-state index >= 15 is 0 Å². The van der Waals surface area contributed by atoms with Crippen LogP contribution in [0.1, 0.15) is 13.8 Å². The summed E-state index contributed by atoms with van der Waals surface area (Å²) in [5.41, 5.74) is 1.02. The van der Waals surface area contributed by atoms with Gasteiger partial charge in [0.05, 0.1) is 4.92 Å². The van der Waals surface area contributed by atoms with Gasteiger partial charge in [0.2, 0.25) is 0 Å². The second kappa shape index (κ2) is 6.07. The van der Waals surface area contributed by atoms with E-state index in [-0.39, 0.29) is 5.69 Å². The van der Waals surface area contributed by atoms with Crippen molar-refractivity contribution >= 4 is 11.4 Å². The molecule has 1 aromatic rings. The lowest BCUT2D eigenvalue weighted by Crippen LogP contribution is -2.28. The van der Waals surface area contributed by atoms with E-state index in [2.05, 4.69) is 24.5 Å². The molecule has 0 saturated carbocycles. The summed E-state index contributed by atoms with van der Waals surface area (Å²) in [7, 11) is 0. The van der Waals surface area contributed by atoms with Crippen molar-refractivity contribution in [3.05, 3.63) is 34.4 Å². The predicted octanol–water partition coefficient (Wildman–Crippen LogP) is 2.00. The SMILES string of the molecule is CC(C)NCCNc1ccc([N+](=O)[O-])cc1. The van der Waals surface area contributed by atoms with Crippen molar-refractivity contribution in [1.82, 2.24) is 5.32 Å². The van der Waals surface area contributed by atoms with Crippen molar-refractivity contribution in [3.63, 3.8) is 0 Å². The highest BCUT2D eigenvalue weighted by atomic mass is 16.6. The molecule has 1 rings (SSSR count). The lowest BCUT2D eigenvalue weighted by atomic mass is 10.3. The maximum atomic E-state index is 10.4. The van der Waals surface area contributed by atoms with E-state index in [1.807, 2.05) is 0 Å². The molecule has 0 bridgehead atoms. The highest BCUT2D eigenvalue weighted by Gasteiger charge is 2.02. The Morgan fingerprint density at radius 3 is 2.38 bits per heavy atom. The molecule has 0 amide bonds. The number of rotatable bonds is 6. The quantitative estimate of drug-likeness (QED) is 0.440. The average Bonchev–Trinajstić information content (AvgIpc) is 2.25. The molecule has 0 aromatic heterocycles. The van der Waals surface area contributed by atoms with Gasteiger partial charge in [-0.25, -0.2) is 0 Å². The Labute approximate surface area is 95.0 Å². The summed E-state index contributed by atoms with van der Waals surface area (Å²) >= 11 is 0. The first kappa shape index (κ1) is 12.4. The van der Waals surface area contributed by atoms with E-state index in [1.54, 1.807) is 12.1 Å². The molecular weight excluding hydrogens is 206 g/mol. The lowest BCUT2D eigenvalue weighted by molar-refractivity contribution is -0.384. The largest absolute Gasteiger partial charge is 0.384 e. The summed E-state index contributed by atoms with van der Waals surface area (Å²) in [5, 5.41) is 16.9. The minimum atomic E-state index is -0.399. The molecule has 0 saturated heterocycles. The molecule has 0 heterocycles. The minimum Gasteiger partial charge on any atom is -0.384 e. The number of nitrogens with one attached hydrogen (secondary N) is 2. The van der Waals surface area contributed by atoms with Gasteiger partial charge in [-0.1, -0.05) is 13.8 Å². The van der Waals surface area contributed by atoms with Crippen molar-refractivity contribution in [2.24, 2.45) is 0 Å². The molecule has 0 radical (unpaired) electrons. The zero-order valence-corrected chi connectivity index (χ0v) is 9.56. The van der Waals surface area contributed by atoms with E-state index in [9.17, 15) is 10.1 Å². The fraction of sp³-hybridized carbons (Fsp3) is 0.455.